The molecule has 0 aromatic heterocycles. The van der Waals surface area contributed by atoms with E-state index < -0.39 is 35.7 Å². The van der Waals surface area contributed by atoms with Crippen molar-refractivity contribution in [2.45, 2.75) is 172 Å². The third kappa shape index (κ3) is 23.0. The molecule has 0 saturated heterocycles. The van der Waals surface area contributed by atoms with E-state index in [1.807, 2.05) is 72.8 Å². The van der Waals surface area contributed by atoms with Crippen molar-refractivity contribution in [3.63, 3.8) is 0 Å². The van der Waals surface area contributed by atoms with Gasteiger partial charge in [0, 0.05) is 30.2 Å². The van der Waals surface area contributed by atoms with Gasteiger partial charge in [-0.05, 0) is 178 Å². The number of ether oxygens (including phenoxy) is 6. The van der Waals surface area contributed by atoms with E-state index in [2.05, 4.69) is 198 Å². The molecule has 8 unspecified atom stereocenters. The first-order valence-electron chi connectivity index (χ1n) is 42.1. The second kappa shape index (κ2) is 42.2. The smallest absolute Gasteiger partial charge is 0.331 e. The van der Waals surface area contributed by atoms with Gasteiger partial charge in [-0.1, -0.05) is 290 Å². The normalized spacial score (nSPS) is 34.3. The van der Waals surface area contributed by atoms with Crippen LogP contribution in [0.5, 0.6) is 0 Å². The lowest BCUT2D eigenvalue weighted by molar-refractivity contribution is -0.154. The fourth-order valence-electron chi connectivity index (χ4n) is 20.4. The number of fused-ring (bicyclic) bond motifs is 8. The van der Waals surface area contributed by atoms with Crippen LogP contribution in [0.2, 0.25) is 0 Å². The predicted octanol–water partition coefficient (Wildman–Crippen LogP) is 18.8. The van der Waals surface area contributed by atoms with Crippen LogP contribution < -0.4 is 11.5 Å². The molecule has 0 heterocycles. The fraction of sp³-hybridized carbons (Fsp3) is 0.567. The molecule has 4 aromatic carbocycles. The molecule has 602 valence electrons. The molecule has 11 aliphatic carbocycles. The monoisotopic (exact) mass is 1520 g/mol. The first-order valence-corrected chi connectivity index (χ1v) is 42.1. The number of rotatable bonds is 25. The lowest BCUT2D eigenvalue weighted by atomic mass is 9.75. The number of allylic oxidation sites excluding steroid dienone is 8. The second-order valence-corrected chi connectivity index (χ2v) is 34.9. The van der Waals surface area contributed by atoms with Crippen molar-refractivity contribution >= 4 is 23.9 Å². The summed E-state index contributed by atoms with van der Waals surface area (Å²) in [4.78, 5) is 47.4. The summed E-state index contributed by atoms with van der Waals surface area (Å²) in [5.41, 5.74) is 16.7. The maximum atomic E-state index is 12.3. The number of carbonyl (C=O) groups excluding carboxylic acids is 2. The Morgan fingerprint density at radius 3 is 0.973 bits per heavy atom. The van der Waals surface area contributed by atoms with Gasteiger partial charge >= 0.3 is 23.9 Å². The number of carboxylic acid groups (broad SMARTS) is 2. The van der Waals surface area contributed by atoms with E-state index in [4.69, 9.17) is 39.9 Å². The molecular formula is C97H132N2O12. The summed E-state index contributed by atoms with van der Waals surface area (Å²) in [6, 6.07) is 41.3. The number of carboxylic acids is 2. The standard InChI is InChI=1S/C24H40O4.C17H18O5.2C17H22O.C13H14O.C9H16N2/c1-15(2)19-9-7-17(5)13-21(19)27-23(25)11-12-24(26)28-22-14-18(6)8-10-20(22)16(3)4;18-16(19)14-11-6-7-12(15(14)17(20)21)13(11)9-22-8-10-4-2-1-3-5-10;2*1-12-13(2)16-9-8-15(12)17(16)11-18-10-14-6-4-3-5-7-14;1-2-6-12(7-3-1)10-14-11-13-8-4-5-9-13;1-2-5-6-3-4-7(5)9(11)8(6)10/h11-12,15-22H,7-10,13-14H2,1-6H3;1-7,11-15H,8-9H2,(H,18,19)(H,20,21);2*3-9,12-13,15-17H,10-11H2,1-2H3;1-9,13H,10-11H2;3-9H,2,10-11H2,1H3/b12-11+;;;;;/t17-,18+,19+,20-,21-,22+;11?,12?,13?,14-,15-;2*12-,13-,15?,16?,17?;;5?,6?,7?,8-,9-/m.100.1/s1. The van der Waals surface area contributed by atoms with Crippen LogP contribution >= 0.6 is 0 Å². The molecule has 0 radical (unpaired) electrons. The number of esters is 2. The first-order chi connectivity index (χ1) is 53.5. The van der Waals surface area contributed by atoms with Gasteiger partial charge in [0.25, 0.3) is 0 Å². The molecule has 14 heteroatoms. The van der Waals surface area contributed by atoms with Gasteiger partial charge in [-0.3, -0.25) is 9.59 Å². The lowest BCUT2D eigenvalue weighted by Gasteiger charge is -2.36. The Hall–Kier alpha value is -7.30. The van der Waals surface area contributed by atoms with E-state index in [0.717, 1.165) is 129 Å². The van der Waals surface area contributed by atoms with E-state index >= 15 is 0 Å². The van der Waals surface area contributed by atoms with Gasteiger partial charge in [0.05, 0.1) is 64.7 Å². The molecular weight excluding hydrogens is 1390 g/mol. The maximum absolute atomic E-state index is 12.3. The number of benzene rings is 4. The summed E-state index contributed by atoms with van der Waals surface area (Å²) >= 11 is 0. The van der Waals surface area contributed by atoms with E-state index in [-0.39, 0.29) is 42.0 Å². The Balaban J connectivity index is 0.000000144. The molecule has 14 nitrogen and oxygen atoms in total. The number of nitrogens with two attached hydrogens (primary N) is 2. The number of carbonyl (C=O) groups is 4. The van der Waals surface area contributed by atoms with Gasteiger partial charge in [0.2, 0.25) is 0 Å². The Morgan fingerprint density at radius 1 is 0.396 bits per heavy atom. The van der Waals surface area contributed by atoms with Crippen molar-refractivity contribution < 1.29 is 57.8 Å². The van der Waals surface area contributed by atoms with Crippen LogP contribution in [0.15, 0.2) is 206 Å². The number of hydrogen-bond acceptors (Lipinski definition) is 12. The molecule has 11 aliphatic rings. The summed E-state index contributed by atoms with van der Waals surface area (Å²) in [5.74, 6) is 7.82. The second-order valence-electron chi connectivity index (χ2n) is 34.9. The van der Waals surface area contributed by atoms with E-state index in [9.17, 15) is 29.4 Å². The topological polar surface area (TPSA) is 216 Å². The SMILES string of the molecule is C1=CC(COCc2ccccc2)C=C1.CC(C)[C@H]1CC[C@H](C)C[C@@H]1OC(=O)/C=C/C(=O)O[C@@H]1C[C@H](C)CC[C@H]1C(C)C.CCC1C2C=CC1[C@@H](N)[C@@H]2N.C[C@@H]1C2C=CC(C2COCc2ccccc2)[C@H]1C.C[C@@H]1C2C=CC(C2COCc2ccccc2)[C@H]1C.O=C(O)[C@@H]1C2C=CC(C2COCc2ccccc2)[C@H]1C(=O)O. The quantitative estimate of drug-likeness (QED) is 0.0276. The molecule has 0 amide bonds. The Kier molecular flexibility index (Phi) is 32.7. The molecule has 0 spiro atoms. The minimum Gasteiger partial charge on any atom is -0.481 e. The van der Waals surface area contributed by atoms with Crippen LogP contribution in [0.3, 0.4) is 0 Å². The van der Waals surface area contributed by atoms with Crippen molar-refractivity contribution in [1.82, 2.24) is 0 Å². The Morgan fingerprint density at radius 2 is 0.685 bits per heavy atom. The van der Waals surface area contributed by atoms with E-state index in [1.165, 1.54) is 48.1 Å². The fourth-order valence-corrected chi connectivity index (χ4v) is 20.4. The molecule has 6 saturated carbocycles. The summed E-state index contributed by atoms with van der Waals surface area (Å²) in [5, 5.41) is 18.7. The van der Waals surface area contributed by atoms with Crippen LogP contribution in [-0.2, 0) is 74.0 Å². The summed E-state index contributed by atoms with van der Waals surface area (Å²) in [6.45, 7) is 30.6. The minimum absolute atomic E-state index is 0.0542. The first kappa shape index (κ1) is 86.1. The van der Waals surface area contributed by atoms with E-state index in [0.29, 0.717) is 73.1 Å². The highest BCUT2D eigenvalue weighted by atomic mass is 16.6. The Labute approximate surface area is 664 Å². The molecule has 0 aliphatic heterocycles. The van der Waals surface area contributed by atoms with Gasteiger partial charge in [0.15, 0.2) is 0 Å². The van der Waals surface area contributed by atoms with Gasteiger partial charge in [-0.15, -0.1) is 0 Å². The molecule has 111 heavy (non-hydrogen) atoms. The van der Waals surface area contributed by atoms with Crippen molar-refractivity contribution in [3.8, 4) is 0 Å². The van der Waals surface area contributed by atoms with Gasteiger partial charge < -0.3 is 50.1 Å². The third-order valence-electron chi connectivity index (χ3n) is 27.2. The van der Waals surface area contributed by atoms with Gasteiger partial charge in [0.1, 0.15) is 12.2 Å². The molecule has 8 bridgehead atoms. The van der Waals surface area contributed by atoms with Crippen molar-refractivity contribution in [2.24, 2.45) is 159 Å². The van der Waals surface area contributed by atoms with Crippen molar-refractivity contribution in [2.75, 3.05) is 26.4 Å². The number of hydrogen-bond donors (Lipinski definition) is 4. The Bertz CT molecular complexity index is 3510. The summed E-state index contributed by atoms with van der Waals surface area (Å²) in [6.07, 6.45) is 36.3. The highest BCUT2D eigenvalue weighted by Gasteiger charge is 2.58. The average molecular weight is 1520 g/mol. The largest absolute Gasteiger partial charge is 0.481 e. The van der Waals surface area contributed by atoms with Crippen LogP contribution in [0, 0.1) is 148 Å². The molecule has 6 N–H and O–H groups in total. The summed E-state index contributed by atoms with van der Waals surface area (Å²) in [7, 11) is 0. The zero-order valence-electron chi connectivity index (χ0n) is 68.1. The van der Waals surface area contributed by atoms with Crippen molar-refractivity contribution in [1.29, 1.82) is 0 Å². The van der Waals surface area contributed by atoms with Gasteiger partial charge in [-0.25, -0.2) is 9.59 Å². The lowest BCUT2D eigenvalue weighted by Crippen LogP contribution is -2.43. The molecule has 15 rings (SSSR count). The minimum atomic E-state index is -1.03. The van der Waals surface area contributed by atoms with Crippen molar-refractivity contribution in [3.05, 3.63) is 229 Å². The zero-order valence-corrected chi connectivity index (χ0v) is 68.1. The van der Waals surface area contributed by atoms with Crippen LogP contribution in [-0.4, -0.2) is 84.8 Å². The van der Waals surface area contributed by atoms with E-state index in [1.54, 1.807) is 0 Å². The number of aliphatic carboxylic acids is 2. The third-order valence-corrected chi connectivity index (χ3v) is 27.2. The average Bonchev–Trinajstić information content (AvgIpc) is 1.60. The predicted molar refractivity (Wildman–Crippen MR) is 441 cm³/mol. The van der Waals surface area contributed by atoms with Crippen LogP contribution in [0.4, 0.5) is 0 Å². The zero-order chi connectivity index (χ0) is 79.3. The molecule has 22 atom stereocenters. The maximum Gasteiger partial charge on any atom is 0.331 e. The van der Waals surface area contributed by atoms with Crippen LogP contribution in [0.1, 0.15) is 143 Å². The highest BCUT2D eigenvalue weighted by Crippen LogP contribution is 2.55. The van der Waals surface area contributed by atoms with Crippen LogP contribution in [0.25, 0.3) is 0 Å². The highest BCUT2D eigenvalue weighted by molar-refractivity contribution is 5.91. The molecule has 6 fully saturated rings. The molecule has 4 aromatic rings. The van der Waals surface area contributed by atoms with Gasteiger partial charge in [-0.2, -0.15) is 0 Å². The summed E-state index contributed by atoms with van der Waals surface area (Å²) < 4.78 is 34.6.